The number of nitrogens with two attached hydrogens (primary N) is 2. The Kier molecular flexibility index (Phi) is 2.29. The van der Waals surface area contributed by atoms with Gasteiger partial charge in [0.05, 0.1) is 6.20 Å². The molecule has 1 saturated carbocycles. The fourth-order valence-electron chi connectivity index (χ4n) is 2.61. The van der Waals surface area contributed by atoms with Crippen LogP contribution < -0.4 is 11.5 Å². The zero-order valence-corrected chi connectivity index (χ0v) is 9.93. The number of rotatable bonds is 1. The number of aromatic nitrogens is 3. The number of nitrogens with zero attached hydrogens (tertiary/aromatic N) is 3. The lowest BCUT2D eigenvalue weighted by Gasteiger charge is -2.10. The molecule has 0 aromatic carbocycles. The average molecular weight is 231 g/mol. The van der Waals surface area contributed by atoms with Crippen LogP contribution in [-0.4, -0.2) is 20.6 Å². The summed E-state index contributed by atoms with van der Waals surface area (Å²) in [6.45, 7) is 2.00. The number of aryl methyl sites for hydroxylation is 1. The lowest BCUT2D eigenvalue weighted by atomic mass is 10.0. The Morgan fingerprint density at radius 1 is 1.41 bits per heavy atom. The third kappa shape index (κ3) is 1.67. The number of hydrogen-bond acceptors (Lipinski definition) is 4. The molecule has 1 aliphatic carbocycles. The van der Waals surface area contributed by atoms with Gasteiger partial charge in [-0.15, -0.1) is 0 Å². The predicted octanol–water partition coefficient (Wildman–Crippen LogP) is 1.21. The van der Waals surface area contributed by atoms with Crippen LogP contribution in [0, 0.1) is 6.92 Å². The van der Waals surface area contributed by atoms with Crippen molar-refractivity contribution in [2.45, 2.75) is 38.1 Å². The number of fused-ring (bicyclic) bond motifs is 1. The van der Waals surface area contributed by atoms with Crippen LogP contribution in [0.2, 0.25) is 0 Å². The molecular weight excluding hydrogens is 214 g/mol. The van der Waals surface area contributed by atoms with E-state index in [1.54, 1.807) is 10.7 Å². The molecule has 1 unspecified atom stereocenters. The van der Waals surface area contributed by atoms with E-state index >= 15 is 0 Å². The van der Waals surface area contributed by atoms with Gasteiger partial charge in [-0.3, -0.25) is 0 Å². The summed E-state index contributed by atoms with van der Waals surface area (Å²) in [6.07, 6.45) is 4.99. The van der Waals surface area contributed by atoms with E-state index in [4.69, 9.17) is 11.5 Å². The van der Waals surface area contributed by atoms with Gasteiger partial charge in [-0.25, -0.2) is 4.98 Å². The van der Waals surface area contributed by atoms with Crippen molar-refractivity contribution in [2.24, 2.45) is 5.73 Å². The lowest BCUT2D eigenvalue weighted by molar-refractivity contribution is 0.661. The number of anilines is 1. The van der Waals surface area contributed by atoms with Crippen molar-refractivity contribution in [1.29, 1.82) is 0 Å². The van der Waals surface area contributed by atoms with Crippen molar-refractivity contribution in [3.05, 3.63) is 23.5 Å². The second kappa shape index (κ2) is 3.70. The van der Waals surface area contributed by atoms with E-state index < -0.39 is 0 Å². The van der Waals surface area contributed by atoms with Crippen LogP contribution in [0.15, 0.2) is 12.3 Å². The Morgan fingerprint density at radius 3 is 2.94 bits per heavy atom. The quantitative estimate of drug-likeness (QED) is 0.773. The van der Waals surface area contributed by atoms with E-state index in [0.717, 1.165) is 36.2 Å². The molecule has 0 spiro atoms. The van der Waals surface area contributed by atoms with Gasteiger partial charge >= 0.3 is 0 Å². The van der Waals surface area contributed by atoms with Gasteiger partial charge in [0.25, 0.3) is 0 Å². The molecule has 90 valence electrons. The van der Waals surface area contributed by atoms with Crippen LogP contribution in [0.5, 0.6) is 0 Å². The van der Waals surface area contributed by atoms with Crippen molar-refractivity contribution >= 4 is 11.5 Å². The summed E-state index contributed by atoms with van der Waals surface area (Å²) in [7, 11) is 0. The molecule has 3 rings (SSSR count). The summed E-state index contributed by atoms with van der Waals surface area (Å²) >= 11 is 0. The van der Waals surface area contributed by atoms with Gasteiger partial charge in [-0.05, 0) is 26.2 Å². The normalized spacial score (nSPS) is 24.6. The summed E-state index contributed by atoms with van der Waals surface area (Å²) < 4.78 is 1.69. The number of hydrogen-bond donors (Lipinski definition) is 2. The van der Waals surface area contributed by atoms with Gasteiger partial charge in [0.2, 0.25) is 0 Å². The first kappa shape index (κ1) is 10.5. The molecule has 5 heteroatoms. The van der Waals surface area contributed by atoms with Crippen molar-refractivity contribution < 1.29 is 0 Å². The Hall–Kier alpha value is -1.62. The molecule has 0 radical (unpaired) electrons. The van der Waals surface area contributed by atoms with Crippen LogP contribution in [0.3, 0.4) is 0 Å². The smallest absolute Gasteiger partial charge is 0.160 e. The molecule has 5 nitrogen and oxygen atoms in total. The van der Waals surface area contributed by atoms with Crippen LogP contribution >= 0.6 is 0 Å². The summed E-state index contributed by atoms with van der Waals surface area (Å²) in [4.78, 5) is 4.68. The molecule has 4 N–H and O–H groups in total. The first-order valence-electron chi connectivity index (χ1n) is 6.01. The lowest BCUT2D eigenvalue weighted by Crippen LogP contribution is -2.15. The van der Waals surface area contributed by atoms with Crippen molar-refractivity contribution in [3.63, 3.8) is 0 Å². The number of nitrogen functional groups attached to an aromatic ring is 1. The van der Waals surface area contributed by atoms with E-state index in [1.807, 2.05) is 13.0 Å². The maximum Gasteiger partial charge on any atom is 0.160 e. The molecule has 17 heavy (non-hydrogen) atoms. The van der Waals surface area contributed by atoms with Crippen LogP contribution in [0.25, 0.3) is 5.65 Å². The largest absolute Gasteiger partial charge is 0.384 e. The Labute approximate surface area is 99.8 Å². The van der Waals surface area contributed by atoms with Gasteiger partial charge in [0, 0.05) is 29.3 Å². The first-order chi connectivity index (χ1) is 8.15. The maximum absolute atomic E-state index is 6.00. The summed E-state index contributed by atoms with van der Waals surface area (Å²) in [5.41, 5.74) is 14.9. The molecule has 2 heterocycles. The molecule has 2 aromatic heterocycles. The topological polar surface area (TPSA) is 82.2 Å². The summed E-state index contributed by atoms with van der Waals surface area (Å²) in [5, 5.41) is 4.20. The highest BCUT2D eigenvalue weighted by molar-refractivity contribution is 5.52. The Morgan fingerprint density at radius 2 is 2.24 bits per heavy atom. The predicted molar refractivity (Wildman–Crippen MR) is 66.7 cm³/mol. The molecular formula is C12H17N5. The fraction of sp³-hybridized carbons (Fsp3) is 0.500. The van der Waals surface area contributed by atoms with E-state index in [9.17, 15) is 0 Å². The van der Waals surface area contributed by atoms with Crippen LogP contribution in [0.4, 0.5) is 5.82 Å². The standard InChI is InChI=1S/C12H17N5/c1-7-6-15-17-11(14)5-10(16-12(7)17)8-2-3-9(13)4-8/h5-6,8-9H,2-4,13-14H2,1H3/t8?,9-/m1/s1. The van der Waals surface area contributed by atoms with Crippen molar-refractivity contribution in [2.75, 3.05) is 5.73 Å². The zero-order chi connectivity index (χ0) is 12.0. The monoisotopic (exact) mass is 231 g/mol. The summed E-state index contributed by atoms with van der Waals surface area (Å²) in [6, 6.07) is 2.24. The first-order valence-corrected chi connectivity index (χ1v) is 6.01. The van der Waals surface area contributed by atoms with Crippen LogP contribution in [0.1, 0.15) is 36.4 Å². The molecule has 1 fully saturated rings. The van der Waals surface area contributed by atoms with E-state index in [0.29, 0.717) is 17.8 Å². The minimum atomic E-state index is 0.310. The van der Waals surface area contributed by atoms with E-state index in [-0.39, 0.29) is 0 Å². The molecule has 2 aromatic rings. The van der Waals surface area contributed by atoms with Gasteiger partial charge in [0.15, 0.2) is 5.65 Å². The molecule has 0 saturated heterocycles. The van der Waals surface area contributed by atoms with Gasteiger partial charge in [0.1, 0.15) is 5.82 Å². The fourth-order valence-corrected chi connectivity index (χ4v) is 2.61. The minimum Gasteiger partial charge on any atom is -0.384 e. The minimum absolute atomic E-state index is 0.310. The highest BCUT2D eigenvalue weighted by Crippen LogP contribution is 2.33. The molecule has 1 aliphatic rings. The van der Waals surface area contributed by atoms with Gasteiger partial charge in [-0.2, -0.15) is 9.61 Å². The average Bonchev–Trinajstić information content (AvgIpc) is 2.87. The van der Waals surface area contributed by atoms with E-state index in [1.165, 1.54) is 0 Å². The van der Waals surface area contributed by atoms with Gasteiger partial charge < -0.3 is 11.5 Å². The molecule has 2 atom stereocenters. The highest BCUT2D eigenvalue weighted by atomic mass is 15.3. The molecule has 0 bridgehead atoms. The Bertz CT molecular complexity index is 559. The maximum atomic E-state index is 6.00. The van der Waals surface area contributed by atoms with Crippen molar-refractivity contribution in [3.8, 4) is 0 Å². The van der Waals surface area contributed by atoms with Gasteiger partial charge in [-0.1, -0.05) is 0 Å². The van der Waals surface area contributed by atoms with Crippen molar-refractivity contribution in [1.82, 2.24) is 14.6 Å². The summed E-state index contributed by atoms with van der Waals surface area (Å²) in [5.74, 6) is 1.10. The second-order valence-corrected chi connectivity index (χ2v) is 4.94. The highest BCUT2D eigenvalue weighted by Gasteiger charge is 2.25. The third-order valence-corrected chi connectivity index (χ3v) is 3.59. The Balaban J connectivity index is 2.08. The zero-order valence-electron chi connectivity index (χ0n) is 9.93. The van der Waals surface area contributed by atoms with Crippen LogP contribution in [-0.2, 0) is 0 Å². The van der Waals surface area contributed by atoms with E-state index in [2.05, 4.69) is 10.1 Å². The molecule has 0 amide bonds. The second-order valence-electron chi connectivity index (χ2n) is 4.94. The molecule has 0 aliphatic heterocycles. The third-order valence-electron chi connectivity index (χ3n) is 3.59. The SMILES string of the molecule is Cc1cnn2c(N)cc(C3CC[C@@H](N)C3)nc12.